The smallest absolute Gasteiger partial charge is 0.261 e. The number of ether oxygens (including phenoxy) is 1. The van der Waals surface area contributed by atoms with Gasteiger partial charge in [0.1, 0.15) is 11.8 Å². The molecule has 0 aliphatic carbocycles. The highest BCUT2D eigenvalue weighted by Gasteiger charge is 2.29. The molecule has 33 heavy (non-hydrogen) atoms. The molecule has 2 aromatic carbocycles. The summed E-state index contributed by atoms with van der Waals surface area (Å²) in [6.45, 7) is 13.4. The van der Waals surface area contributed by atoms with Gasteiger partial charge < -0.3 is 15.0 Å². The topological polar surface area (TPSA) is 58.6 Å². The second kappa shape index (κ2) is 12.4. The molecular formula is C28H40N2O3. The average molecular weight is 453 g/mol. The van der Waals surface area contributed by atoms with Crippen LogP contribution in [0.4, 0.5) is 0 Å². The quantitative estimate of drug-likeness (QED) is 0.523. The molecule has 0 spiro atoms. The third-order valence-corrected chi connectivity index (χ3v) is 5.60. The van der Waals surface area contributed by atoms with Crippen LogP contribution in [-0.4, -0.2) is 42.5 Å². The van der Waals surface area contributed by atoms with Gasteiger partial charge >= 0.3 is 0 Å². The summed E-state index contributed by atoms with van der Waals surface area (Å²) in [5.74, 6) is 0.764. The Morgan fingerprint density at radius 1 is 1.00 bits per heavy atom. The molecule has 180 valence electrons. The molecule has 2 aromatic rings. The molecule has 0 saturated heterocycles. The van der Waals surface area contributed by atoms with Crippen LogP contribution in [0.5, 0.6) is 5.75 Å². The van der Waals surface area contributed by atoms with Gasteiger partial charge in [-0.1, -0.05) is 90.1 Å². The van der Waals surface area contributed by atoms with Crippen molar-refractivity contribution in [3.63, 3.8) is 0 Å². The summed E-state index contributed by atoms with van der Waals surface area (Å²) >= 11 is 0. The normalized spacial score (nSPS) is 12.3. The van der Waals surface area contributed by atoms with Crippen molar-refractivity contribution in [2.24, 2.45) is 5.92 Å². The molecule has 1 unspecified atom stereocenters. The third-order valence-electron chi connectivity index (χ3n) is 5.60. The highest BCUT2D eigenvalue weighted by atomic mass is 16.5. The van der Waals surface area contributed by atoms with Crippen LogP contribution in [0.2, 0.25) is 0 Å². The summed E-state index contributed by atoms with van der Waals surface area (Å²) < 4.78 is 6.01. The zero-order valence-corrected chi connectivity index (χ0v) is 21.1. The third kappa shape index (κ3) is 8.23. The van der Waals surface area contributed by atoms with Crippen molar-refractivity contribution in [3.05, 3.63) is 65.7 Å². The lowest BCUT2D eigenvalue weighted by Gasteiger charge is -2.31. The fourth-order valence-corrected chi connectivity index (χ4v) is 3.75. The van der Waals surface area contributed by atoms with E-state index < -0.39 is 6.04 Å². The Morgan fingerprint density at radius 2 is 1.64 bits per heavy atom. The van der Waals surface area contributed by atoms with Gasteiger partial charge in [0, 0.05) is 13.1 Å². The van der Waals surface area contributed by atoms with Crippen molar-refractivity contribution in [2.75, 3.05) is 19.7 Å². The highest BCUT2D eigenvalue weighted by molar-refractivity contribution is 5.88. The summed E-state index contributed by atoms with van der Waals surface area (Å²) in [5.41, 5.74) is 2.08. The van der Waals surface area contributed by atoms with Gasteiger partial charge in [0.25, 0.3) is 5.91 Å². The van der Waals surface area contributed by atoms with E-state index in [-0.39, 0.29) is 23.8 Å². The molecule has 0 aliphatic rings. The molecule has 0 saturated carbocycles. The minimum atomic E-state index is -0.526. The van der Waals surface area contributed by atoms with Gasteiger partial charge in [-0.2, -0.15) is 0 Å². The Bertz CT molecular complexity index is 888. The van der Waals surface area contributed by atoms with Crippen molar-refractivity contribution < 1.29 is 14.3 Å². The molecule has 0 aromatic heterocycles. The fraction of sp³-hybridized carbons (Fsp3) is 0.500. The number of hydrogen-bond acceptors (Lipinski definition) is 3. The standard InChI is InChI=1S/C28H40N2O3/c1-7-24(27(32)29-19-21(2)3)30(18-17-22-13-9-8-10-14-22)26(31)20-33-25-16-12-11-15-23(25)28(4,5)6/h8-16,21,24H,7,17-20H2,1-6H3,(H,29,32). The summed E-state index contributed by atoms with van der Waals surface area (Å²) in [7, 11) is 0. The molecular weight excluding hydrogens is 412 g/mol. The van der Waals surface area contributed by atoms with Gasteiger partial charge in [-0.15, -0.1) is 0 Å². The van der Waals surface area contributed by atoms with Crippen molar-refractivity contribution >= 4 is 11.8 Å². The second-order valence-corrected chi connectivity index (χ2v) is 9.92. The van der Waals surface area contributed by atoms with E-state index in [1.807, 2.05) is 61.5 Å². The summed E-state index contributed by atoms with van der Waals surface area (Å²) in [4.78, 5) is 28.0. The Kier molecular flexibility index (Phi) is 9.95. The Hall–Kier alpha value is -2.82. The van der Waals surface area contributed by atoms with Gasteiger partial charge in [0.15, 0.2) is 6.61 Å². The second-order valence-electron chi connectivity index (χ2n) is 9.92. The van der Waals surface area contributed by atoms with E-state index in [2.05, 4.69) is 39.9 Å². The molecule has 0 heterocycles. The SMILES string of the molecule is CCC(C(=O)NCC(C)C)N(CCc1ccccc1)C(=O)COc1ccccc1C(C)(C)C. The first-order chi connectivity index (χ1) is 15.6. The first kappa shape index (κ1) is 26.4. The summed E-state index contributed by atoms with van der Waals surface area (Å²) in [6, 6.07) is 17.3. The lowest BCUT2D eigenvalue weighted by atomic mass is 9.86. The molecule has 2 rings (SSSR count). The highest BCUT2D eigenvalue weighted by Crippen LogP contribution is 2.31. The van der Waals surface area contributed by atoms with Gasteiger partial charge in [-0.25, -0.2) is 0 Å². The van der Waals surface area contributed by atoms with E-state index in [0.29, 0.717) is 37.6 Å². The van der Waals surface area contributed by atoms with E-state index in [4.69, 9.17) is 4.74 Å². The van der Waals surface area contributed by atoms with Gasteiger partial charge in [-0.05, 0) is 41.4 Å². The van der Waals surface area contributed by atoms with E-state index in [1.165, 1.54) is 0 Å². The Morgan fingerprint density at radius 3 is 2.24 bits per heavy atom. The molecule has 0 bridgehead atoms. The van der Waals surface area contributed by atoms with E-state index in [9.17, 15) is 9.59 Å². The predicted octanol–water partition coefficient (Wildman–Crippen LogP) is 4.99. The first-order valence-electron chi connectivity index (χ1n) is 12.0. The molecule has 1 N–H and O–H groups in total. The number of nitrogens with zero attached hydrogens (tertiary/aromatic N) is 1. The molecule has 5 nitrogen and oxygen atoms in total. The van der Waals surface area contributed by atoms with Crippen LogP contribution >= 0.6 is 0 Å². The zero-order chi connectivity index (χ0) is 24.4. The van der Waals surface area contributed by atoms with Crippen molar-refractivity contribution in [3.8, 4) is 5.75 Å². The molecule has 0 radical (unpaired) electrons. The maximum atomic E-state index is 13.4. The first-order valence-corrected chi connectivity index (χ1v) is 12.0. The Labute approximate surface area is 199 Å². The molecule has 2 amide bonds. The number of carbonyl (C=O) groups excluding carboxylic acids is 2. The number of hydrogen-bond donors (Lipinski definition) is 1. The molecule has 1 atom stereocenters. The maximum Gasteiger partial charge on any atom is 0.261 e. The zero-order valence-electron chi connectivity index (χ0n) is 21.1. The Balaban J connectivity index is 2.19. The average Bonchev–Trinajstić information content (AvgIpc) is 2.78. The minimum absolute atomic E-state index is 0.101. The predicted molar refractivity (Wildman–Crippen MR) is 134 cm³/mol. The molecule has 0 aliphatic heterocycles. The minimum Gasteiger partial charge on any atom is -0.483 e. The number of rotatable bonds is 11. The van der Waals surface area contributed by atoms with Crippen LogP contribution in [-0.2, 0) is 21.4 Å². The van der Waals surface area contributed by atoms with Crippen LogP contribution in [0.15, 0.2) is 54.6 Å². The van der Waals surface area contributed by atoms with Crippen LogP contribution in [0.3, 0.4) is 0 Å². The van der Waals surface area contributed by atoms with Crippen LogP contribution in [0.1, 0.15) is 59.1 Å². The maximum absolute atomic E-state index is 13.4. The van der Waals surface area contributed by atoms with Gasteiger partial charge in [0.2, 0.25) is 5.91 Å². The fourth-order valence-electron chi connectivity index (χ4n) is 3.75. The molecule has 5 heteroatoms. The van der Waals surface area contributed by atoms with Crippen LogP contribution < -0.4 is 10.1 Å². The van der Waals surface area contributed by atoms with E-state index in [0.717, 1.165) is 11.1 Å². The number of amides is 2. The summed E-state index contributed by atoms with van der Waals surface area (Å²) in [6.07, 6.45) is 1.22. The van der Waals surface area contributed by atoms with Gasteiger partial charge in [0.05, 0.1) is 0 Å². The lowest BCUT2D eigenvalue weighted by Crippen LogP contribution is -2.51. The monoisotopic (exact) mass is 452 g/mol. The lowest BCUT2D eigenvalue weighted by molar-refractivity contribution is -0.142. The van der Waals surface area contributed by atoms with Crippen LogP contribution in [0.25, 0.3) is 0 Å². The number of benzene rings is 2. The number of para-hydroxylation sites is 1. The van der Waals surface area contributed by atoms with Crippen LogP contribution in [0, 0.1) is 5.92 Å². The summed E-state index contributed by atoms with van der Waals surface area (Å²) in [5, 5.41) is 3.00. The van der Waals surface area contributed by atoms with E-state index in [1.54, 1.807) is 4.90 Å². The van der Waals surface area contributed by atoms with Crippen molar-refractivity contribution in [2.45, 2.75) is 65.8 Å². The number of nitrogens with one attached hydrogen (secondary N) is 1. The number of carbonyl (C=O) groups is 2. The largest absolute Gasteiger partial charge is 0.483 e. The van der Waals surface area contributed by atoms with E-state index >= 15 is 0 Å². The van der Waals surface area contributed by atoms with Gasteiger partial charge in [-0.3, -0.25) is 9.59 Å². The molecule has 0 fully saturated rings. The van der Waals surface area contributed by atoms with Crippen molar-refractivity contribution in [1.82, 2.24) is 10.2 Å². The van der Waals surface area contributed by atoms with Crippen molar-refractivity contribution in [1.29, 1.82) is 0 Å².